The molecule has 0 bridgehead atoms. The molecule has 1 aliphatic heterocycles. The Balaban J connectivity index is 1.44. The first kappa shape index (κ1) is 18.0. The first-order chi connectivity index (χ1) is 13.7. The summed E-state index contributed by atoms with van der Waals surface area (Å²) >= 11 is 0. The highest BCUT2D eigenvalue weighted by molar-refractivity contribution is 5.99. The SMILES string of the molecule is COc1cc2ccccc2cc1C(=O)OCC(=O)N1CCc2ccccc2C1. The summed E-state index contributed by atoms with van der Waals surface area (Å²) in [6, 6.07) is 19.3. The van der Waals surface area contributed by atoms with Gasteiger partial charge in [0.2, 0.25) is 0 Å². The van der Waals surface area contributed by atoms with E-state index >= 15 is 0 Å². The van der Waals surface area contributed by atoms with E-state index in [0.717, 1.165) is 22.8 Å². The number of nitrogens with zero attached hydrogens (tertiary/aromatic N) is 1. The molecular formula is C23H21NO4. The van der Waals surface area contributed by atoms with Crippen LogP contribution in [-0.2, 0) is 22.5 Å². The lowest BCUT2D eigenvalue weighted by Crippen LogP contribution is -2.38. The minimum atomic E-state index is -0.562. The highest BCUT2D eigenvalue weighted by atomic mass is 16.5. The van der Waals surface area contributed by atoms with Crippen molar-refractivity contribution < 1.29 is 19.1 Å². The van der Waals surface area contributed by atoms with Crippen molar-refractivity contribution in [3.63, 3.8) is 0 Å². The number of methoxy groups -OCH3 is 1. The largest absolute Gasteiger partial charge is 0.496 e. The molecular weight excluding hydrogens is 354 g/mol. The van der Waals surface area contributed by atoms with Crippen molar-refractivity contribution in [2.24, 2.45) is 0 Å². The number of esters is 1. The second-order valence-electron chi connectivity index (χ2n) is 6.81. The molecule has 3 aromatic rings. The van der Waals surface area contributed by atoms with Gasteiger partial charge in [0, 0.05) is 13.1 Å². The van der Waals surface area contributed by atoms with Gasteiger partial charge in [-0.3, -0.25) is 4.79 Å². The highest BCUT2D eigenvalue weighted by Crippen LogP contribution is 2.26. The zero-order valence-corrected chi connectivity index (χ0v) is 15.7. The van der Waals surface area contributed by atoms with Crippen LogP contribution in [0, 0.1) is 0 Å². The Morgan fingerprint density at radius 1 is 0.964 bits per heavy atom. The standard InChI is InChI=1S/C23H21NO4/c1-27-21-13-18-8-4-3-7-17(18)12-20(21)23(26)28-15-22(25)24-11-10-16-6-2-5-9-19(16)14-24/h2-9,12-13H,10-11,14-15H2,1H3. The molecule has 0 aromatic heterocycles. The number of carbonyl (C=O) groups is 2. The van der Waals surface area contributed by atoms with Crippen molar-refractivity contribution in [1.29, 1.82) is 0 Å². The van der Waals surface area contributed by atoms with E-state index in [1.165, 1.54) is 12.7 Å². The minimum Gasteiger partial charge on any atom is -0.496 e. The van der Waals surface area contributed by atoms with Crippen molar-refractivity contribution >= 4 is 22.6 Å². The Bertz CT molecular complexity index is 1040. The van der Waals surface area contributed by atoms with E-state index in [-0.39, 0.29) is 12.5 Å². The number of benzene rings is 3. The summed E-state index contributed by atoms with van der Waals surface area (Å²) in [5.74, 6) is -0.320. The molecule has 0 radical (unpaired) electrons. The van der Waals surface area contributed by atoms with Crippen LogP contribution in [-0.4, -0.2) is 37.0 Å². The van der Waals surface area contributed by atoms with Gasteiger partial charge in [0.05, 0.1) is 7.11 Å². The molecule has 0 unspecified atom stereocenters. The lowest BCUT2D eigenvalue weighted by molar-refractivity contribution is -0.135. The molecule has 5 heteroatoms. The van der Waals surface area contributed by atoms with Gasteiger partial charge in [-0.2, -0.15) is 0 Å². The summed E-state index contributed by atoms with van der Waals surface area (Å²) in [5, 5.41) is 1.88. The average Bonchev–Trinajstić information content (AvgIpc) is 2.75. The molecule has 1 aliphatic rings. The molecule has 5 nitrogen and oxygen atoms in total. The molecule has 4 rings (SSSR count). The molecule has 0 atom stereocenters. The van der Waals surface area contributed by atoms with Gasteiger partial charge in [-0.1, -0.05) is 48.5 Å². The molecule has 0 fully saturated rings. The summed E-state index contributed by atoms with van der Waals surface area (Å²) in [4.78, 5) is 26.8. The molecule has 0 aliphatic carbocycles. The quantitative estimate of drug-likeness (QED) is 0.654. The van der Waals surface area contributed by atoms with Gasteiger partial charge in [0.25, 0.3) is 5.91 Å². The normalized spacial score (nSPS) is 13.1. The van der Waals surface area contributed by atoms with Crippen LogP contribution in [0.1, 0.15) is 21.5 Å². The Hall–Kier alpha value is -3.34. The fraction of sp³-hybridized carbons (Fsp3) is 0.217. The van der Waals surface area contributed by atoms with Crippen molar-refractivity contribution in [3.05, 3.63) is 77.4 Å². The third-order valence-corrected chi connectivity index (χ3v) is 5.10. The summed E-state index contributed by atoms with van der Waals surface area (Å²) in [6.07, 6.45) is 0.814. The molecule has 3 aromatic carbocycles. The summed E-state index contributed by atoms with van der Waals surface area (Å²) in [5.41, 5.74) is 2.73. The lowest BCUT2D eigenvalue weighted by Gasteiger charge is -2.28. The lowest BCUT2D eigenvalue weighted by atomic mass is 10.00. The number of carbonyl (C=O) groups excluding carboxylic acids is 2. The van der Waals surface area contributed by atoms with E-state index in [0.29, 0.717) is 24.4 Å². The highest BCUT2D eigenvalue weighted by Gasteiger charge is 2.22. The van der Waals surface area contributed by atoms with E-state index in [1.807, 2.05) is 42.5 Å². The monoisotopic (exact) mass is 375 g/mol. The molecule has 0 saturated carbocycles. The topological polar surface area (TPSA) is 55.8 Å². The van der Waals surface area contributed by atoms with Crippen LogP contribution >= 0.6 is 0 Å². The first-order valence-electron chi connectivity index (χ1n) is 9.24. The average molecular weight is 375 g/mol. The molecule has 1 heterocycles. The van der Waals surface area contributed by atoms with Crippen molar-refractivity contribution in [2.75, 3.05) is 20.3 Å². The Kier molecular flexibility index (Phi) is 4.98. The number of rotatable bonds is 4. The van der Waals surface area contributed by atoms with E-state index in [9.17, 15) is 9.59 Å². The van der Waals surface area contributed by atoms with Gasteiger partial charge in [-0.05, 0) is 40.5 Å². The maximum Gasteiger partial charge on any atom is 0.342 e. The van der Waals surface area contributed by atoms with Gasteiger partial charge in [0.1, 0.15) is 11.3 Å². The van der Waals surface area contributed by atoms with Crippen molar-refractivity contribution in [1.82, 2.24) is 4.90 Å². The third kappa shape index (κ3) is 3.56. The van der Waals surface area contributed by atoms with Gasteiger partial charge in [-0.15, -0.1) is 0 Å². The van der Waals surface area contributed by atoms with Gasteiger partial charge < -0.3 is 14.4 Å². The third-order valence-electron chi connectivity index (χ3n) is 5.10. The Morgan fingerprint density at radius 2 is 1.64 bits per heavy atom. The first-order valence-corrected chi connectivity index (χ1v) is 9.24. The van der Waals surface area contributed by atoms with Crippen LogP contribution in [0.4, 0.5) is 0 Å². The van der Waals surface area contributed by atoms with Gasteiger partial charge in [-0.25, -0.2) is 4.79 Å². The zero-order chi connectivity index (χ0) is 19.5. The summed E-state index contributed by atoms with van der Waals surface area (Å²) in [7, 11) is 1.51. The predicted molar refractivity (Wildman–Crippen MR) is 106 cm³/mol. The number of amides is 1. The Morgan fingerprint density at radius 3 is 2.39 bits per heavy atom. The second kappa shape index (κ2) is 7.72. The van der Waals surface area contributed by atoms with E-state index in [2.05, 4.69) is 6.07 Å². The Labute approximate surface area is 163 Å². The zero-order valence-electron chi connectivity index (χ0n) is 15.7. The van der Waals surface area contributed by atoms with E-state index in [1.54, 1.807) is 17.0 Å². The number of fused-ring (bicyclic) bond motifs is 2. The van der Waals surface area contributed by atoms with Crippen LogP contribution < -0.4 is 4.74 Å². The molecule has 142 valence electrons. The molecule has 0 N–H and O–H groups in total. The van der Waals surface area contributed by atoms with Gasteiger partial charge in [0.15, 0.2) is 6.61 Å². The number of hydrogen-bond acceptors (Lipinski definition) is 4. The molecule has 0 spiro atoms. The van der Waals surface area contributed by atoms with Gasteiger partial charge >= 0.3 is 5.97 Å². The molecule has 1 amide bonds. The summed E-state index contributed by atoms with van der Waals surface area (Å²) in [6.45, 7) is 0.898. The smallest absolute Gasteiger partial charge is 0.342 e. The summed E-state index contributed by atoms with van der Waals surface area (Å²) < 4.78 is 10.7. The fourth-order valence-electron chi connectivity index (χ4n) is 3.55. The van der Waals surface area contributed by atoms with Crippen LogP contribution in [0.5, 0.6) is 5.75 Å². The predicted octanol–water partition coefficient (Wildman–Crippen LogP) is 3.59. The minimum absolute atomic E-state index is 0.192. The maximum atomic E-state index is 12.6. The maximum absolute atomic E-state index is 12.6. The van der Waals surface area contributed by atoms with E-state index in [4.69, 9.17) is 9.47 Å². The second-order valence-corrected chi connectivity index (χ2v) is 6.81. The fourth-order valence-corrected chi connectivity index (χ4v) is 3.55. The van der Waals surface area contributed by atoms with E-state index < -0.39 is 5.97 Å². The van der Waals surface area contributed by atoms with Crippen LogP contribution in [0.3, 0.4) is 0 Å². The number of ether oxygens (including phenoxy) is 2. The van der Waals surface area contributed by atoms with Crippen LogP contribution in [0.15, 0.2) is 60.7 Å². The van der Waals surface area contributed by atoms with Crippen molar-refractivity contribution in [3.8, 4) is 5.75 Å². The number of hydrogen-bond donors (Lipinski definition) is 0. The van der Waals surface area contributed by atoms with Crippen molar-refractivity contribution in [2.45, 2.75) is 13.0 Å². The molecule has 28 heavy (non-hydrogen) atoms. The van der Waals surface area contributed by atoms with Crippen LogP contribution in [0.25, 0.3) is 10.8 Å². The molecule has 0 saturated heterocycles. The van der Waals surface area contributed by atoms with Crippen LogP contribution in [0.2, 0.25) is 0 Å².